The molecule has 2 heterocycles. The number of aromatic nitrogens is 2. The van der Waals surface area contributed by atoms with Crippen LogP contribution in [0.15, 0.2) is 12.5 Å². The Kier molecular flexibility index (Phi) is 11.8. The third-order valence-electron chi connectivity index (χ3n) is 5.86. The lowest BCUT2D eigenvalue weighted by atomic mass is 10.0. The van der Waals surface area contributed by atoms with E-state index in [-0.39, 0.29) is 31.2 Å². The van der Waals surface area contributed by atoms with Gasteiger partial charge in [0.15, 0.2) is 0 Å². The summed E-state index contributed by atoms with van der Waals surface area (Å²) in [7, 11) is 0. The minimum atomic E-state index is -1.38. The minimum absolute atomic E-state index is 0.00657. The van der Waals surface area contributed by atoms with Gasteiger partial charge in [-0.25, -0.2) is 9.78 Å². The zero-order chi connectivity index (χ0) is 26.5. The number of carboxylic acid groups (broad SMARTS) is 1. The fourth-order valence-electron chi connectivity index (χ4n) is 3.86. The average Bonchev–Trinajstić information content (AvgIpc) is 3.54. The van der Waals surface area contributed by atoms with Crippen LogP contribution in [-0.2, 0) is 30.4 Å². The molecule has 0 spiro atoms. The standard InChI is InChI=1S/C22H36N8O6/c23-8-2-1-4-15(28-19(32)14-5-3-9-26-14)20(33)30-17(10-13-11-25-12-27-13)21(34)29-16(22(35)36)6-7-18(24)31/h11-12,14-17,26H,1-10,23H2,(H2,24,31)(H,25,27)(H,28,32)(H,29,34)(H,30,33)(H,35,36). The van der Waals surface area contributed by atoms with Crippen molar-refractivity contribution >= 4 is 29.6 Å². The lowest BCUT2D eigenvalue weighted by molar-refractivity contribution is -0.142. The molecule has 1 aliphatic rings. The molecule has 1 aromatic heterocycles. The molecule has 10 N–H and O–H groups in total. The van der Waals surface area contributed by atoms with Crippen molar-refractivity contribution in [1.29, 1.82) is 0 Å². The Hall–Kier alpha value is -3.52. The number of rotatable bonds is 16. The van der Waals surface area contributed by atoms with Crippen LogP contribution in [0.1, 0.15) is 50.6 Å². The average molecular weight is 509 g/mol. The predicted octanol–water partition coefficient (Wildman–Crippen LogP) is -2.36. The van der Waals surface area contributed by atoms with Gasteiger partial charge in [0.05, 0.1) is 12.4 Å². The Balaban J connectivity index is 2.14. The molecule has 14 nitrogen and oxygen atoms in total. The Morgan fingerprint density at radius 2 is 1.78 bits per heavy atom. The highest BCUT2D eigenvalue weighted by molar-refractivity contribution is 5.94. The van der Waals surface area contributed by atoms with Crippen LogP contribution in [0.5, 0.6) is 0 Å². The third-order valence-corrected chi connectivity index (χ3v) is 5.86. The van der Waals surface area contributed by atoms with Crippen LogP contribution in [0.25, 0.3) is 0 Å². The zero-order valence-electron chi connectivity index (χ0n) is 20.1. The number of carbonyl (C=O) groups is 5. The first kappa shape index (κ1) is 28.7. The van der Waals surface area contributed by atoms with Crippen LogP contribution in [0.4, 0.5) is 0 Å². The van der Waals surface area contributed by atoms with Gasteiger partial charge in [0.2, 0.25) is 23.6 Å². The van der Waals surface area contributed by atoms with Gasteiger partial charge in [-0.05, 0) is 51.6 Å². The molecule has 0 bridgehead atoms. The summed E-state index contributed by atoms with van der Waals surface area (Å²) in [4.78, 5) is 68.3. The SMILES string of the molecule is NCCCCC(NC(=O)C1CCCN1)C(=O)NC(Cc1cnc[nH]1)C(=O)NC(CCC(N)=O)C(=O)O. The number of aliphatic carboxylic acids is 1. The molecule has 4 atom stereocenters. The van der Waals surface area contributed by atoms with E-state index in [1.54, 1.807) is 0 Å². The van der Waals surface area contributed by atoms with Gasteiger partial charge in [-0.2, -0.15) is 0 Å². The predicted molar refractivity (Wildman–Crippen MR) is 128 cm³/mol. The fraction of sp³-hybridized carbons (Fsp3) is 0.636. The number of hydrogen-bond donors (Lipinski definition) is 8. The normalized spacial score (nSPS) is 17.5. The second-order valence-corrected chi connectivity index (χ2v) is 8.74. The molecule has 4 unspecified atom stereocenters. The topological polar surface area (TPSA) is 234 Å². The minimum Gasteiger partial charge on any atom is -0.480 e. The van der Waals surface area contributed by atoms with E-state index in [1.807, 2.05) is 0 Å². The van der Waals surface area contributed by atoms with Crippen molar-refractivity contribution in [3.8, 4) is 0 Å². The first-order valence-electron chi connectivity index (χ1n) is 12.0. The van der Waals surface area contributed by atoms with Crippen molar-refractivity contribution < 1.29 is 29.1 Å². The number of H-pyrrole nitrogens is 1. The molecule has 0 radical (unpaired) electrons. The summed E-state index contributed by atoms with van der Waals surface area (Å²) in [5.41, 5.74) is 11.2. The number of carboxylic acids is 1. The third kappa shape index (κ3) is 9.62. The number of nitrogens with two attached hydrogens (primary N) is 2. The molecule has 0 aliphatic carbocycles. The van der Waals surface area contributed by atoms with Gasteiger partial charge < -0.3 is 42.8 Å². The Labute approximate surface area is 208 Å². The van der Waals surface area contributed by atoms with Crippen molar-refractivity contribution in [1.82, 2.24) is 31.2 Å². The smallest absolute Gasteiger partial charge is 0.326 e. The molecule has 1 saturated heterocycles. The van der Waals surface area contributed by atoms with E-state index in [4.69, 9.17) is 11.5 Å². The van der Waals surface area contributed by atoms with E-state index in [0.29, 0.717) is 37.9 Å². The van der Waals surface area contributed by atoms with Gasteiger partial charge in [-0.15, -0.1) is 0 Å². The first-order valence-corrected chi connectivity index (χ1v) is 12.0. The van der Waals surface area contributed by atoms with Crippen LogP contribution < -0.4 is 32.7 Å². The van der Waals surface area contributed by atoms with Gasteiger partial charge in [0.1, 0.15) is 18.1 Å². The monoisotopic (exact) mass is 508 g/mol. The molecule has 2 rings (SSSR count). The Bertz CT molecular complexity index is 887. The van der Waals surface area contributed by atoms with Crippen LogP contribution in [0.2, 0.25) is 0 Å². The number of primary amides is 1. The molecule has 4 amide bonds. The largest absolute Gasteiger partial charge is 0.480 e. The van der Waals surface area contributed by atoms with E-state index in [2.05, 4.69) is 31.2 Å². The number of nitrogens with zero attached hydrogens (tertiary/aromatic N) is 1. The van der Waals surface area contributed by atoms with Crippen molar-refractivity contribution in [2.75, 3.05) is 13.1 Å². The fourth-order valence-corrected chi connectivity index (χ4v) is 3.86. The van der Waals surface area contributed by atoms with Gasteiger partial charge in [0, 0.05) is 24.7 Å². The number of nitrogens with one attached hydrogen (secondary N) is 5. The molecule has 1 fully saturated rings. The highest BCUT2D eigenvalue weighted by atomic mass is 16.4. The van der Waals surface area contributed by atoms with Crippen molar-refractivity contribution in [2.45, 2.75) is 75.5 Å². The number of hydrogen-bond acceptors (Lipinski definition) is 8. The zero-order valence-corrected chi connectivity index (χ0v) is 20.1. The Morgan fingerprint density at radius 3 is 2.36 bits per heavy atom. The molecular formula is C22H36N8O6. The maximum atomic E-state index is 13.2. The van der Waals surface area contributed by atoms with Crippen LogP contribution in [0, 0.1) is 0 Å². The van der Waals surface area contributed by atoms with Gasteiger partial charge in [-0.3, -0.25) is 19.2 Å². The second-order valence-electron chi connectivity index (χ2n) is 8.74. The number of unbranched alkanes of at least 4 members (excludes halogenated alkanes) is 1. The van der Waals surface area contributed by atoms with E-state index in [9.17, 15) is 29.1 Å². The maximum absolute atomic E-state index is 13.2. The summed E-state index contributed by atoms with van der Waals surface area (Å²) in [6.45, 7) is 1.15. The molecule has 200 valence electrons. The summed E-state index contributed by atoms with van der Waals surface area (Å²) in [6, 6.07) is -3.85. The van der Waals surface area contributed by atoms with Crippen molar-refractivity contribution in [2.24, 2.45) is 11.5 Å². The van der Waals surface area contributed by atoms with Crippen molar-refractivity contribution in [3.63, 3.8) is 0 Å². The lowest BCUT2D eigenvalue weighted by Gasteiger charge is -2.25. The number of amides is 4. The van der Waals surface area contributed by atoms with Crippen LogP contribution >= 0.6 is 0 Å². The van der Waals surface area contributed by atoms with Crippen LogP contribution in [0.3, 0.4) is 0 Å². The second kappa shape index (κ2) is 14.8. The number of aromatic amines is 1. The highest BCUT2D eigenvalue weighted by Gasteiger charge is 2.31. The summed E-state index contributed by atoms with van der Waals surface area (Å²) in [5.74, 6) is -3.69. The van der Waals surface area contributed by atoms with E-state index >= 15 is 0 Å². The van der Waals surface area contributed by atoms with E-state index < -0.39 is 41.8 Å². The summed E-state index contributed by atoms with van der Waals surface area (Å²) < 4.78 is 0. The van der Waals surface area contributed by atoms with E-state index in [0.717, 1.165) is 13.0 Å². The van der Waals surface area contributed by atoms with Crippen LogP contribution in [-0.4, -0.2) is 81.9 Å². The maximum Gasteiger partial charge on any atom is 0.326 e. The quantitative estimate of drug-likeness (QED) is 0.111. The molecule has 1 aromatic rings. The summed E-state index contributed by atoms with van der Waals surface area (Å²) >= 11 is 0. The van der Waals surface area contributed by atoms with E-state index in [1.165, 1.54) is 12.5 Å². The highest BCUT2D eigenvalue weighted by Crippen LogP contribution is 2.09. The van der Waals surface area contributed by atoms with Gasteiger partial charge in [-0.1, -0.05) is 0 Å². The molecule has 36 heavy (non-hydrogen) atoms. The Morgan fingerprint density at radius 1 is 1.06 bits per heavy atom. The number of imidazole rings is 1. The lowest BCUT2D eigenvalue weighted by Crippen LogP contribution is -2.57. The first-order chi connectivity index (χ1) is 17.2. The summed E-state index contributed by atoms with van der Waals surface area (Å²) in [5, 5.41) is 20.3. The molecule has 1 aliphatic heterocycles. The summed E-state index contributed by atoms with van der Waals surface area (Å²) in [6.07, 6.45) is 5.50. The van der Waals surface area contributed by atoms with Gasteiger partial charge in [0.25, 0.3) is 0 Å². The molecule has 0 aromatic carbocycles. The van der Waals surface area contributed by atoms with Crippen molar-refractivity contribution in [3.05, 3.63) is 18.2 Å². The number of carbonyl (C=O) groups excluding carboxylic acids is 4. The molecule has 0 saturated carbocycles. The van der Waals surface area contributed by atoms with Gasteiger partial charge >= 0.3 is 5.97 Å². The molecule has 14 heteroatoms. The molecular weight excluding hydrogens is 472 g/mol.